The maximum atomic E-state index is 12.2. The van der Waals surface area contributed by atoms with Gasteiger partial charge in [-0.2, -0.15) is 0 Å². The van der Waals surface area contributed by atoms with Crippen molar-refractivity contribution in [1.82, 2.24) is 10.6 Å². The molecule has 0 bridgehead atoms. The number of hydrogen-bond donors (Lipinski definition) is 2. The van der Waals surface area contributed by atoms with Gasteiger partial charge in [0.05, 0.1) is 6.04 Å². The summed E-state index contributed by atoms with van der Waals surface area (Å²) in [6, 6.07) is 0.440. The Balaban J connectivity index is 1.86. The summed E-state index contributed by atoms with van der Waals surface area (Å²) in [5.41, 5.74) is 0. The van der Waals surface area contributed by atoms with Gasteiger partial charge in [-0.05, 0) is 50.0 Å². The molecule has 2 aliphatic rings. The lowest BCUT2D eigenvalue weighted by Crippen LogP contribution is -2.50. The van der Waals surface area contributed by atoms with Crippen LogP contribution in [0.3, 0.4) is 0 Å². The number of hydrogen-bond acceptors (Lipinski definition) is 2. The molecule has 0 spiro atoms. The zero-order valence-electron chi connectivity index (χ0n) is 11.3. The maximum absolute atomic E-state index is 12.2. The molecule has 5 unspecified atom stereocenters. The van der Waals surface area contributed by atoms with Crippen LogP contribution in [0, 0.1) is 17.8 Å². The van der Waals surface area contributed by atoms with Gasteiger partial charge in [0.25, 0.3) is 0 Å². The number of carbonyl (C=O) groups excluding carboxylic acids is 1. The molecule has 98 valence electrons. The molecule has 1 amide bonds. The van der Waals surface area contributed by atoms with Crippen molar-refractivity contribution in [2.75, 3.05) is 6.54 Å². The first-order chi connectivity index (χ1) is 8.08. The maximum Gasteiger partial charge on any atom is 0.237 e. The first kappa shape index (κ1) is 12.9. The summed E-state index contributed by atoms with van der Waals surface area (Å²) in [5, 5.41) is 6.57. The van der Waals surface area contributed by atoms with E-state index >= 15 is 0 Å². The van der Waals surface area contributed by atoms with Gasteiger partial charge >= 0.3 is 0 Å². The second-order valence-electron chi connectivity index (χ2n) is 6.21. The van der Waals surface area contributed by atoms with Crippen LogP contribution < -0.4 is 10.6 Å². The lowest BCUT2D eigenvalue weighted by molar-refractivity contribution is -0.125. The Hall–Kier alpha value is -0.570. The van der Waals surface area contributed by atoms with Crippen LogP contribution in [0.5, 0.6) is 0 Å². The molecule has 3 nitrogen and oxygen atoms in total. The molecule has 0 aromatic heterocycles. The summed E-state index contributed by atoms with van der Waals surface area (Å²) >= 11 is 0. The van der Waals surface area contributed by atoms with E-state index < -0.39 is 0 Å². The predicted octanol–water partition coefficient (Wildman–Crippen LogP) is 1.93. The highest BCUT2D eigenvalue weighted by molar-refractivity contribution is 5.82. The van der Waals surface area contributed by atoms with Crippen LogP contribution in [0.1, 0.15) is 46.5 Å². The fourth-order valence-corrected chi connectivity index (χ4v) is 3.34. The summed E-state index contributed by atoms with van der Waals surface area (Å²) in [7, 11) is 0. The Kier molecular flexibility index (Phi) is 4.08. The van der Waals surface area contributed by atoms with Crippen molar-refractivity contribution in [2.45, 2.75) is 58.5 Å². The van der Waals surface area contributed by atoms with Gasteiger partial charge in [-0.3, -0.25) is 4.79 Å². The Morgan fingerprint density at radius 3 is 2.47 bits per heavy atom. The van der Waals surface area contributed by atoms with Gasteiger partial charge in [0.2, 0.25) is 5.91 Å². The molecule has 0 aromatic rings. The summed E-state index contributed by atoms with van der Waals surface area (Å²) in [5.74, 6) is 2.15. The summed E-state index contributed by atoms with van der Waals surface area (Å²) < 4.78 is 0. The number of carbonyl (C=O) groups is 1. The van der Waals surface area contributed by atoms with Crippen LogP contribution >= 0.6 is 0 Å². The minimum absolute atomic E-state index is 0.0431. The summed E-state index contributed by atoms with van der Waals surface area (Å²) in [6.45, 7) is 7.73. The fourth-order valence-electron chi connectivity index (χ4n) is 3.34. The molecule has 17 heavy (non-hydrogen) atoms. The largest absolute Gasteiger partial charge is 0.352 e. The normalized spacial score (nSPS) is 42.4. The SMILES string of the molecule is CC1CCC(NC(=O)C2NCCC2C)C(C)C1. The molecule has 1 aliphatic heterocycles. The average Bonchev–Trinajstić information content (AvgIpc) is 2.68. The molecule has 1 aliphatic carbocycles. The first-order valence-corrected chi connectivity index (χ1v) is 7.11. The first-order valence-electron chi connectivity index (χ1n) is 7.11. The van der Waals surface area contributed by atoms with E-state index in [1.807, 2.05) is 0 Å². The highest BCUT2D eigenvalue weighted by atomic mass is 16.2. The smallest absolute Gasteiger partial charge is 0.237 e. The lowest BCUT2D eigenvalue weighted by Gasteiger charge is -2.34. The molecule has 2 N–H and O–H groups in total. The van der Waals surface area contributed by atoms with Gasteiger partial charge in [0, 0.05) is 6.04 Å². The Labute approximate surface area is 105 Å². The third-order valence-corrected chi connectivity index (χ3v) is 4.57. The van der Waals surface area contributed by atoms with Crippen molar-refractivity contribution in [2.24, 2.45) is 17.8 Å². The third-order valence-electron chi connectivity index (χ3n) is 4.57. The van der Waals surface area contributed by atoms with Gasteiger partial charge in [0.15, 0.2) is 0 Å². The van der Waals surface area contributed by atoms with Crippen molar-refractivity contribution in [3.8, 4) is 0 Å². The van der Waals surface area contributed by atoms with Crippen LogP contribution in [0.4, 0.5) is 0 Å². The van der Waals surface area contributed by atoms with E-state index in [-0.39, 0.29) is 11.9 Å². The highest BCUT2D eigenvalue weighted by Crippen LogP contribution is 2.28. The van der Waals surface area contributed by atoms with E-state index in [0.29, 0.717) is 17.9 Å². The van der Waals surface area contributed by atoms with Gasteiger partial charge in [-0.1, -0.05) is 20.8 Å². The molecule has 0 radical (unpaired) electrons. The van der Waals surface area contributed by atoms with Crippen LogP contribution in [0.2, 0.25) is 0 Å². The van der Waals surface area contributed by atoms with E-state index in [4.69, 9.17) is 0 Å². The van der Waals surface area contributed by atoms with Crippen molar-refractivity contribution < 1.29 is 4.79 Å². The number of rotatable bonds is 2. The molecule has 3 heteroatoms. The van der Waals surface area contributed by atoms with E-state index in [1.165, 1.54) is 12.8 Å². The van der Waals surface area contributed by atoms with Gasteiger partial charge < -0.3 is 10.6 Å². The van der Waals surface area contributed by atoms with Gasteiger partial charge in [0.1, 0.15) is 0 Å². The molecule has 1 saturated carbocycles. The average molecular weight is 238 g/mol. The predicted molar refractivity (Wildman–Crippen MR) is 69.7 cm³/mol. The van der Waals surface area contributed by atoms with E-state index in [1.54, 1.807) is 0 Å². The molecule has 1 heterocycles. The van der Waals surface area contributed by atoms with Crippen molar-refractivity contribution in [3.05, 3.63) is 0 Å². The Bertz CT molecular complexity index is 279. The van der Waals surface area contributed by atoms with Crippen molar-refractivity contribution in [1.29, 1.82) is 0 Å². The molecule has 5 atom stereocenters. The monoisotopic (exact) mass is 238 g/mol. The molecule has 0 aromatic carbocycles. The minimum atomic E-state index is 0.0431. The van der Waals surface area contributed by atoms with Crippen LogP contribution in [-0.2, 0) is 4.79 Å². The Morgan fingerprint density at radius 2 is 1.88 bits per heavy atom. The van der Waals surface area contributed by atoms with E-state index in [2.05, 4.69) is 31.4 Å². The molecular weight excluding hydrogens is 212 g/mol. The number of amides is 1. The zero-order chi connectivity index (χ0) is 12.4. The van der Waals surface area contributed by atoms with Crippen LogP contribution in [-0.4, -0.2) is 24.5 Å². The van der Waals surface area contributed by atoms with Crippen LogP contribution in [0.15, 0.2) is 0 Å². The third kappa shape index (κ3) is 3.01. The minimum Gasteiger partial charge on any atom is -0.352 e. The van der Waals surface area contributed by atoms with Crippen molar-refractivity contribution in [3.63, 3.8) is 0 Å². The van der Waals surface area contributed by atoms with Gasteiger partial charge in [-0.15, -0.1) is 0 Å². The topological polar surface area (TPSA) is 41.1 Å². The summed E-state index contributed by atoms with van der Waals surface area (Å²) in [6.07, 6.45) is 4.77. The number of nitrogens with one attached hydrogen (secondary N) is 2. The zero-order valence-corrected chi connectivity index (χ0v) is 11.3. The molecular formula is C14H26N2O. The quantitative estimate of drug-likeness (QED) is 0.772. The van der Waals surface area contributed by atoms with Crippen LogP contribution in [0.25, 0.3) is 0 Å². The summed E-state index contributed by atoms with van der Waals surface area (Å²) in [4.78, 5) is 12.2. The second kappa shape index (κ2) is 5.38. The molecule has 1 saturated heterocycles. The molecule has 2 fully saturated rings. The Morgan fingerprint density at radius 1 is 1.12 bits per heavy atom. The standard InChI is InChI=1S/C14H26N2O/c1-9-4-5-12(11(3)8-9)16-14(17)13-10(2)6-7-15-13/h9-13,15H,4-8H2,1-3H3,(H,16,17). The second-order valence-corrected chi connectivity index (χ2v) is 6.21. The fraction of sp³-hybridized carbons (Fsp3) is 0.929. The molecule has 2 rings (SSSR count). The highest BCUT2D eigenvalue weighted by Gasteiger charge is 2.33. The van der Waals surface area contributed by atoms with Crippen molar-refractivity contribution >= 4 is 5.91 Å². The van der Waals surface area contributed by atoms with E-state index in [9.17, 15) is 4.79 Å². The van der Waals surface area contributed by atoms with Gasteiger partial charge in [-0.25, -0.2) is 0 Å². The van der Waals surface area contributed by atoms with E-state index in [0.717, 1.165) is 25.3 Å². The lowest BCUT2D eigenvalue weighted by atomic mass is 9.79.